The molecule has 5 fully saturated rings. The number of benzene rings is 8. The Labute approximate surface area is 837 Å². The molecule has 11 N–H and O–H groups in total. The summed E-state index contributed by atoms with van der Waals surface area (Å²) >= 11 is 0. The van der Waals surface area contributed by atoms with E-state index >= 15 is 0 Å². The van der Waals surface area contributed by atoms with Crippen LogP contribution >= 0.6 is 0 Å². The number of amides is 21. The highest BCUT2D eigenvalue weighted by atomic mass is 19.1. The molecule has 5 saturated heterocycles. The molecule has 0 saturated carbocycles. The van der Waals surface area contributed by atoms with Gasteiger partial charge in [0.15, 0.2) is 0 Å². The van der Waals surface area contributed by atoms with Gasteiger partial charge in [-0.15, -0.1) is 0 Å². The molecular formula is C105H81F5N18O20. The monoisotopic (exact) mass is 2010 g/mol. The zero-order valence-electron chi connectivity index (χ0n) is 78.7. The van der Waals surface area contributed by atoms with E-state index in [1.165, 1.54) is 90.5 Å². The number of methoxy groups -OCH3 is 4. The number of fused-ring (bicyclic) bond motifs is 5. The summed E-state index contributed by atoms with van der Waals surface area (Å²) in [5, 5.41) is 25.8. The van der Waals surface area contributed by atoms with Crippen molar-refractivity contribution in [2.75, 3.05) is 66.5 Å². The van der Waals surface area contributed by atoms with E-state index in [0.717, 1.165) is 41.0 Å². The Hall–Kier alpha value is -19.8. The Morgan fingerprint density at radius 1 is 0.345 bits per heavy atom. The van der Waals surface area contributed by atoms with Gasteiger partial charge in [-0.3, -0.25) is 84.3 Å². The third-order valence-electron chi connectivity index (χ3n) is 24.2. The number of carbonyl (C=O) groups is 16. The number of halogens is 5. The van der Waals surface area contributed by atoms with Crippen molar-refractivity contribution in [2.45, 2.75) is 74.3 Å². The van der Waals surface area contributed by atoms with Crippen LogP contribution in [-0.2, 0) is 61.5 Å². The van der Waals surface area contributed by atoms with Crippen LogP contribution in [0, 0.1) is 95.2 Å². The molecule has 12 heterocycles. The number of carbonyl (C=O) groups excluding carboxylic acids is 16. The quantitative estimate of drug-likeness (QED) is 0.0311. The molecule has 0 spiro atoms. The molecule has 38 nitrogen and oxygen atoms in total. The number of pyridine rings is 2. The number of nitrogens with one attached hydrogen (secondary N) is 11. The molecule has 746 valence electrons. The molecule has 148 heavy (non-hydrogen) atoms. The lowest BCUT2D eigenvalue weighted by Crippen LogP contribution is -2.54. The number of hydrogen-bond donors (Lipinski definition) is 11. The number of hydrogen-bond acceptors (Lipinski definition) is 22. The fourth-order valence-electron chi connectivity index (χ4n) is 16.9. The average Bonchev–Trinajstić information content (AvgIpc) is 1.63. The Morgan fingerprint density at radius 2 is 0.682 bits per heavy atom. The van der Waals surface area contributed by atoms with Gasteiger partial charge in [0.1, 0.15) is 57.9 Å². The molecule has 20 rings (SSSR count). The highest BCUT2D eigenvalue weighted by Crippen LogP contribution is 2.36. The fourth-order valence-corrected chi connectivity index (χ4v) is 16.9. The third kappa shape index (κ3) is 22.0. The highest BCUT2D eigenvalue weighted by Gasteiger charge is 2.54. The maximum absolute atomic E-state index is 13.9. The standard InChI is InChI=1S/C22H19N5O5.C22H19N3O4.2C21H15F2N3O4.C19H13FN4O3/c1-13(28)24-18-6-3-14(10-23-18)7-8-22(20(30)25-21(31)26-22)12-27-11-15-4-5-16(32-2)9-17(15)19(27)29;1-14-3-5-15(6-4-14)9-10-22(20(27)23-21(28)24-22)13-25-12-16-7-8-17(29-2)11-18(16)19(25)26;1-30-16-2-3-17-13(8-16)10-26(18(17)27)11-21(19(28)24-20(29)25-21)5-4-12-6-14(22)9-15(23)7-12;1-30-15-4-5-16-13(8-15)10-26(18(16)27)11-21(19(28)24-20(29)25-21)7-6-12-2-3-14(22)9-17(12)23;20-14-4-3-13-10-24(16(25)15(13)8-14)11-19(17(26)22-18(27)23-19)6-5-12-2-1-7-21-9-12/h3-6,9-10H,11-12H2,1-2H3,(H,23,24,28)(H2,25,26,30,31);3-8,11H,12-13H2,1-2H3,(H2,23,24,27,28);2-3,6-9H,10-11H2,1H3,(H2,24,25,28,29);2-5,8-9H,10-11H2,1H3,(H2,24,25,28,29);1-4,7-9H,10-11H2,(H2,22,23,26,27)/t2*22-;2*21-;19-/m11111/s1. The van der Waals surface area contributed by atoms with E-state index < -0.39 is 122 Å². The smallest absolute Gasteiger partial charge is 0.323 e. The van der Waals surface area contributed by atoms with E-state index in [0.29, 0.717) is 103 Å². The van der Waals surface area contributed by atoms with Gasteiger partial charge in [-0.25, -0.2) is 50.9 Å². The SMILES string of the molecule is COc1ccc2c(c1)C(=O)N(C[C@@]1(C#Cc3ccc(C)cc3)NC(=O)NC1=O)C2.COc1ccc2c(c1)C(=O)N(C[C@@]1(C#Cc3ccc(NC(C)=O)nc3)NC(=O)NC1=O)C2.COc1ccc2c(c1)CN(C[C@@]1(C#Cc3cc(F)cc(F)c3)NC(=O)NC1=O)C2=O.COc1ccc2c(c1)CN(C[C@@]1(C#Cc3ccc(F)cc3F)NC(=O)NC1=O)C2=O.O=C1NC(=O)[C@@](C#Cc2cccnc2)(CN2Cc3ccc(F)cc3C2=O)N1. The van der Waals surface area contributed by atoms with E-state index in [9.17, 15) is 98.7 Å². The van der Waals surface area contributed by atoms with Gasteiger partial charge >= 0.3 is 30.2 Å². The number of ether oxygens (including phenoxy) is 4. The second-order valence-corrected chi connectivity index (χ2v) is 34.5. The van der Waals surface area contributed by atoms with Crippen molar-refractivity contribution in [2.24, 2.45) is 0 Å². The van der Waals surface area contributed by atoms with Crippen LogP contribution in [0.25, 0.3) is 0 Å². The van der Waals surface area contributed by atoms with Crippen LogP contribution < -0.4 is 77.4 Å². The van der Waals surface area contributed by atoms with Gasteiger partial charge in [0.05, 0.1) is 66.7 Å². The average molecular weight is 2010 g/mol. The summed E-state index contributed by atoms with van der Waals surface area (Å²) in [5.74, 6) is 20.8. The summed E-state index contributed by atoms with van der Waals surface area (Å²) < 4.78 is 88.1. The molecule has 10 aliphatic heterocycles. The second kappa shape index (κ2) is 41.8. The normalized spacial score (nSPS) is 19.8. The van der Waals surface area contributed by atoms with Crippen molar-refractivity contribution in [3.63, 3.8) is 0 Å². The molecule has 0 unspecified atom stereocenters. The summed E-state index contributed by atoms with van der Waals surface area (Å²) in [6, 6.07) is 40.5. The fraction of sp³-hybridized carbons (Fsp3) is 0.200. The van der Waals surface area contributed by atoms with Crippen molar-refractivity contribution in [3.05, 3.63) is 313 Å². The Bertz CT molecular complexity index is 7670. The predicted octanol–water partition coefficient (Wildman–Crippen LogP) is 6.15. The van der Waals surface area contributed by atoms with Crippen LogP contribution in [0.1, 0.15) is 120 Å². The van der Waals surface area contributed by atoms with E-state index in [4.69, 9.17) is 18.9 Å². The molecule has 5 atom stereocenters. The first-order valence-electron chi connectivity index (χ1n) is 44.6. The lowest BCUT2D eigenvalue weighted by Gasteiger charge is -2.26. The number of aryl methyl sites for hydroxylation is 1. The zero-order chi connectivity index (χ0) is 105. The van der Waals surface area contributed by atoms with Crippen LogP contribution in [-0.4, -0.2) is 218 Å². The molecule has 8 aromatic carbocycles. The maximum Gasteiger partial charge on any atom is 0.323 e. The van der Waals surface area contributed by atoms with Gasteiger partial charge in [-0.05, 0) is 168 Å². The van der Waals surface area contributed by atoms with Crippen molar-refractivity contribution in [1.29, 1.82) is 0 Å². The van der Waals surface area contributed by atoms with E-state index in [1.54, 1.807) is 97.2 Å². The van der Waals surface area contributed by atoms with Crippen molar-refractivity contribution < 1.29 is 118 Å². The van der Waals surface area contributed by atoms with E-state index in [-0.39, 0.29) is 105 Å². The lowest BCUT2D eigenvalue weighted by atomic mass is 9.99. The number of nitrogens with zero attached hydrogens (tertiary/aromatic N) is 7. The number of anilines is 1. The molecule has 0 radical (unpaired) electrons. The van der Waals surface area contributed by atoms with Gasteiger partial charge in [0, 0.05) is 120 Å². The first-order chi connectivity index (χ1) is 70.8. The first kappa shape index (κ1) is 101. The number of imide groups is 5. The first-order valence-corrected chi connectivity index (χ1v) is 44.6. The summed E-state index contributed by atoms with van der Waals surface area (Å²) in [7, 11) is 6.06. The molecule has 2 aromatic heterocycles. The van der Waals surface area contributed by atoms with Gasteiger partial charge in [-0.1, -0.05) is 95.1 Å². The van der Waals surface area contributed by atoms with Gasteiger partial charge in [0.2, 0.25) is 33.6 Å². The topological polar surface area (TPSA) is 484 Å². The summed E-state index contributed by atoms with van der Waals surface area (Å²) in [4.78, 5) is 212. The van der Waals surface area contributed by atoms with Crippen molar-refractivity contribution in [3.8, 4) is 82.2 Å². The zero-order valence-corrected chi connectivity index (χ0v) is 78.7. The molecular weight excluding hydrogens is 1930 g/mol. The lowest BCUT2D eigenvalue weighted by molar-refractivity contribution is -0.123. The highest BCUT2D eigenvalue weighted by molar-refractivity contribution is 6.14. The Balaban J connectivity index is 0.000000132. The van der Waals surface area contributed by atoms with Crippen LogP contribution in [0.2, 0.25) is 0 Å². The van der Waals surface area contributed by atoms with Crippen LogP contribution in [0.15, 0.2) is 195 Å². The predicted molar refractivity (Wildman–Crippen MR) is 510 cm³/mol. The van der Waals surface area contributed by atoms with E-state index in [2.05, 4.69) is 128 Å². The summed E-state index contributed by atoms with van der Waals surface area (Å²) in [5.41, 5.74) is 0.261. The van der Waals surface area contributed by atoms with Gasteiger partial charge in [-0.2, -0.15) is 0 Å². The van der Waals surface area contributed by atoms with Crippen LogP contribution in [0.3, 0.4) is 0 Å². The Kier molecular flexibility index (Phi) is 28.6. The molecule has 0 aliphatic carbocycles. The molecule has 10 aliphatic rings. The number of urea groups is 5. The Morgan fingerprint density at radius 3 is 1.05 bits per heavy atom. The number of aromatic nitrogens is 2. The van der Waals surface area contributed by atoms with Crippen molar-refractivity contribution >= 4 is 101 Å². The molecule has 0 bridgehead atoms. The molecule has 43 heteroatoms. The van der Waals surface area contributed by atoms with Crippen LogP contribution in [0.4, 0.5) is 51.7 Å². The van der Waals surface area contributed by atoms with Crippen LogP contribution in [0.5, 0.6) is 23.0 Å². The third-order valence-corrected chi connectivity index (χ3v) is 24.2. The van der Waals surface area contributed by atoms with Gasteiger partial charge in [0.25, 0.3) is 59.1 Å². The van der Waals surface area contributed by atoms with Gasteiger partial charge < -0.3 is 75.3 Å². The minimum atomic E-state index is -1.78. The second-order valence-electron chi connectivity index (χ2n) is 34.5. The summed E-state index contributed by atoms with van der Waals surface area (Å²) in [6.45, 7) is 3.66. The largest absolute Gasteiger partial charge is 0.497 e. The van der Waals surface area contributed by atoms with E-state index in [1.807, 2.05) is 37.3 Å². The minimum absolute atomic E-state index is 0.0124. The number of rotatable bonds is 15. The molecule has 10 aromatic rings. The summed E-state index contributed by atoms with van der Waals surface area (Å²) in [6.07, 6.45) is 4.54. The maximum atomic E-state index is 13.9. The van der Waals surface area contributed by atoms with Crippen molar-refractivity contribution in [1.82, 2.24) is 87.6 Å². The minimum Gasteiger partial charge on any atom is -0.497 e. The molecule has 21 amide bonds.